The summed E-state index contributed by atoms with van der Waals surface area (Å²) in [6, 6.07) is 18.9. The summed E-state index contributed by atoms with van der Waals surface area (Å²) < 4.78 is 5.51. The number of piperazine rings is 1. The molecule has 2 aromatic heterocycles. The topological polar surface area (TPSA) is 77.7 Å². The number of aromatic amines is 1. The zero-order valence-electron chi connectivity index (χ0n) is 19.6. The van der Waals surface area contributed by atoms with E-state index >= 15 is 0 Å². The molecule has 35 heavy (non-hydrogen) atoms. The quantitative estimate of drug-likeness (QED) is 0.413. The molecule has 2 N–H and O–H groups in total. The smallest absolute Gasteiger partial charge is 0.262 e. The average Bonchev–Trinajstić information content (AvgIpc) is 3.59. The summed E-state index contributed by atoms with van der Waals surface area (Å²) in [5, 5.41) is 5.94. The molecule has 3 heterocycles. The molecule has 0 bridgehead atoms. The lowest BCUT2D eigenvalue weighted by Crippen LogP contribution is -2.55. The minimum absolute atomic E-state index is 0.0557. The fraction of sp³-hybridized carbons (Fsp3) is 0.259. The number of nitrogens with one attached hydrogen (secondary N) is 2. The third-order valence-electron chi connectivity index (χ3n) is 6.46. The maximum absolute atomic E-state index is 13.7. The average molecular weight is 489 g/mol. The lowest BCUT2D eigenvalue weighted by Gasteiger charge is -2.38. The Bertz CT molecular complexity index is 1310. The molecule has 180 valence electrons. The number of aromatic nitrogens is 1. The standard InChI is InChI=1S/C27H28N4O3S/c1-34-24-10-5-4-9-23(24)30-12-14-31(15-13-30)27(33)22(29-26(32)25-11-6-16-35-25)17-19-18-28-21-8-3-2-7-20(19)21/h2-11,16,18,22,28H,12-15,17H2,1H3,(H,29,32). The van der Waals surface area contributed by atoms with Crippen LogP contribution in [0.3, 0.4) is 0 Å². The van der Waals surface area contributed by atoms with Crippen molar-refractivity contribution in [1.82, 2.24) is 15.2 Å². The number of hydrogen-bond donors (Lipinski definition) is 2. The van der Waals surface area contributed by atoms with Crippen LogP contribution in [0.2, 0.25) is 0 Å². The van der Waals surface area contributed by atoms with Crippen molar-refractivity contribution in [3.8, 4) is 5.75 Å². The van der Waals surface area contributed by atoms with E-state index in [1.807, 2.05) is 71.1 Å². The Balaban J connectivity index is 1.33. The van der Waals surface area contributed by atoms with Crippen LogP contribution in [-0.2, 0) is 11.2 Å². The van der Waals surface area contributed by atoms with Crippen molar-refractivity contribution in [2.24, 2.45) is 0 Å². The normalized spacial score (nSPS) is 14.7. The molecule has 5 rings (SSSR count). The highest BCUT2D eigenvalue weighted by Gasteiger charge is 2.30. The van der Waals surface area contributed by atoms with E-state index in [1.54, 1.807) is 13.2 Å². The van der Waals surface area contributed by atoms with Crippen molar-refractivity contribution in [2.75, 3.05) is 38.2 Å². The minimum atomic E-state index is -0.651. The number of ether oxygens (including phenoxy) is 1. The number of carbonyl (C=O) groups excluding carboxylic acids is 2. The van der Waals surface area contributed by atoms with Crippen molar-refractivity contribution in [1.29, 1.82) is 0 Å². The highest BCUT2D eigenvalue weighted by atomic mass is 32.1. The minimum Gasteiger partial charge on any atom is -0.495 e. The number of methoxy groups -OCH3 is 1. The Hall–Kier alpha value is -3.78. The first-order chi connectivity index (χ1) is 17.1. The van der Waals surface area contributed by atoms with Crippen molar-refractivity contribution in [3.63, 3.8) is 0 Å². The number of para-hydroxylation sites is 3. The Morgan fingerprint density at radius 1 is 1.03 bits per heavy atom. The van der Waals surface area contributed by atoms with Gasteiger partial charge in [-0.3, -0.25) is 9.59 Å². The number of nitrogens with zero attached hydrogens (tertiary/aromatic N) is 2. The molecule has 2 aromatic carbocycles. The molecule has 1 fully saturated rings. The number of rotatable bonds is 7. The van der Waals surface area contributed by atoms with Crippen molar-refractivity contribution >= 4 is 39.7 Å². The van der Waals surface area contributed by atoms with Crippen LogP contribution in [0, 0.1) is 0 Å². The predicted molar refractivity (Wildman–Crippen MR) is 139 cm³/mol. The summed E-state index contributed by atoms with van der Waals surface area (Å²) in [6.07, 6.45) is 2.36. The van der Waals surface area contributed by atoms with Crippen molar-refractivity contribution in [3.05, 3.63) is 82.7 Å². The summed E-state index contributed by atoms with van der Waals surface area (Å²) >= 11 is 1.37. The molecule has 1 saturated heterocycles. The first-order valence-electron chi connectivity index (χ1n) is 11.7. The SMILES string of the molecule is COc1ccccc1N1CCN(C(=O)C(Cc2c[nH]c3ccccc23)NC(=O)c2cccs2)CC1. The fourth-order valence-corrected chi connectivity index (χ4v) is 5.26. The molecule has 0 saturated carbocycles. The van der Waals surface area contributed by atoms with Gasteiger partial charge in [0.1, 0.15) is 11.8 Å². The van der Waals surface area contributed by atoms with Crippen LogP contribution in [0.5, 0.6) is 5.75 Å². The first kappa shape index (κ1) is 23.0. The van der Waals surface area contributed by atoms with Gasteiger partial charge in [-0.15, -0.1) is 11.3 Å². The van der Waals surface area contributed by atoms with Gasteiger partial charge in [0.05, 0.1) is 17.7 Å². The third-order valence-corrected chi connectivity index (χ3v) is 7.33. The number of carbonyl (C=O) groups is 2. The van der Waals surface area contributed by atoms with E-state index in [9.17, 15) is 9.59 Å². The van der Waals surface area contributed by atoms with E-state index in [-0.39, 0.29) is 11.8 Å². The molecular formula is C27H28N4O3S. The number of benzene rings is 2. The van der Waals surface area contributed by atoms with Gasteiger partial charge in [0, 0.05) is 49.7 Å². The zero-order valence-corrected chi connectivity index (χ0v) is 20.4. The van der Waals surface area contributed by atoms with Crippen molar-refractivity contribution in [2.45, 2.75) is 12.5 Å². The lowest BCUT2D eigenvalue weighted by molar-refractivity contribution is -0.133. The molecular weight excluding hydrogens is 460 g/mol. The van der Waals surface area contributed by atoms with E-state index in [1.165, 1.54) is 11.3 Å². The number of thiophene rings is 1. The van der Waals surface area contributed by atoms with Gasteiger partial charge in [-0.1, -0.05) is 36.4 Å². The second-order valence-electron chi connectivity index (χ2n) is 8.55. The van der Waals surface area contributed by atoms with E-state index < -0.39 is 6.04 Å². The van der Waals surface area contributed by atoms with E-state index in [0.717, 1.165) is 27.9 Å². The molecule has 7 nitrogen and oxygen atoms in total. The van der Waals surface area contributed by atoms with Gasteiger partial charge in [-0.25, -0.2) is 0 Å². The number of hydrogen-bond acceptors (Lipinski definition) is 5. The first-order valence-corrected chi connectivity index (χ1v) is 12.6. The maximum Gasteiger partial charge on any atom is 0.262 e. The highest BCUT2D eigenvalue weighted by molar-refractivity contribution is 7.12. The number of amides is 2. The van der Waals surface area contributed by atoms with Crippen LogP contribution in [0.25, 0.3) is 10.9 Å². The van der Waals surface area contributed by atoms with Crippen LogP contribution in [0.15, 0.2) is 72.2 Å². The molecule has 0 radical (unpaired) electrons. The zero-order chi connectivity index (χ0) is 24.2. The Morgan fingerprint density at radius 3 is 2.57 bits per heavy atom. The summed E-state index contributed by atoms with van der Waals surface area (Å²) in [6.45, 7) is 2.56. The molecule has 1 unspecified atom stereocenters. The van der Waals surface area contributed by atoms with Gasteiger partial charge in [-0.2, -0.15) is 0 Å². The highest BCUT2D eigenvalue weighted by Crippen LogP contribution is 2.28. The lowest BCUT2D eigenvalue weighted by atomic mass is 10.0. The van der Waals surface area contributed by atoms with Crippen LogP contribution in [0.4, 0.5) is 5.69 Å². The van der Waals surface area contributed by atoms with Gasteiger partial charge >= 0.3 is 0 Å². The molecule has 1 aliphatic rings. The molecule has 1 aliphatic heterocycles. The molecule has 8 heteroatoms. The summed E-state index contributed by atoms with van der Waals surface area (Å²) in [4.78, 5) is 34.6. The summed E-state index contributed by atoms with van der Waals surface area (Å²) in [5.74, 6) is 0.554. The van der Waals surface area contributed by atoms with E-state index in [0.29, 0.717) is 37.5 Å². The Kier molecular flexibility index (Phi) is 6.72. The monoisotopic (exact) mass is 488 g/mol. The van der Waals surface area contributed by atoms with Crippen LogP contribution >= 0.6 is 11.3 Å². The van der Waals surface area contributed by atoms with Crippen LogP contribution in [0.1, 0.15) is 15.2 Å². The molecule has 0 aliphatic carbocycles. The summed E-state index contributed by atoms with van der Waals surface area (Å²) in [5.41, 5.74) is 3.06. The van der Waals surface area contributed by atoms with Gasteiger partial charge in [0.15, 0.2) is 0 Å². The van der Waals surface area contributed by atoms with Gasteiger partial charge < -0.3 is 24.8 Å². The number of anilines is 1. The second-order valence-corrected chi connectivity index (χ2v) is 9.50. The fourth-order valence-electron chi connectivity index (χ4n) is 4.64. The van der Waals surface area contributed by atoms with Crippen LogP contribution < -0.4 is 15.0 Å². The maximum atomic E-state index is 13.7. The third kappa shape index (κ3) is 4.88. The number of H-pyrrole nitrogens is 1. The Morgan fingerprint density at radius 2 is 1.80 bits per heavy atom. The van der Waals surface area contributed by atoms with Gasteiger partial charge in [0.25, 0.3) is 5.91 Å². The largest absolute Gasteiger partial charge is 0.495 e. The van der Waals surface area contributed by atoms with E-state index in [2.05, 4.69) is 15.2 Å². The Labute approximate surface area is 208 Å². The second kappa shape index (κ2) is 10.2. The van der Waals surface area contributed by atoms with Gasteiger partial charge in [0.2, 0.25) is 5.91 Å². The van der Waals surface area contributed by atoms with E-state index in [4.69, 9.17) is 4.74 Å². The summed E-state index contributed by atoms with van der Waals surface area (Å²) in [7, 11) is 1.67. The molecule has 1 atom stereocenters. The predicted octanol–water partition coefficient (Wildman–Crippen LogP) is 3.93. The molecule has 2 amide bonds. The molecule has 4 aromatic rings. The van der Waals surface area contributed by atoms with Crippen LogP contribution in [-0.4, -0.2) is 61.0 Å². The number of fused-ring (bicyclic) bond motifs is 1. The van der Waals surface area contributed by atoms with Gasteiger partial charge in [-0.05, 0) is 35.2 Å². The van der Waals surface area contributed by atoms with Crippen molar-refractivity contribution < 1.29 is 14.3 Å². The molecule has 0 spiro atoms.